The van der Waals surface area contributed by atoms with Crippen molar-refractivity contribution in [2.24, 2.45) is 0 Å². The normalized spacial score (nSPS) is 11.5. The Morgan fingerprint density at radius 1 is 1.47 bits per heavy atom. The zero-order valence-electron chi connectivity index (χ0n) is 9.98. The van der Waals surface area contributed by atoms with Crippen LogP contribution in [0.1, 0.15) is 20.8 Å². The lowest BCUT2D eigenvalue weighted by Crippen LogP contribution is -2.27. The first kappa shape index (κ1) is 11.4. The summed E-state index contributed by atoms with van der Waals surface area (Å²) in [6, 6.07) is 1.77. The van der Waals surface area contributed by atoms with E-state index in [2.05, 4.69) is 10.3 Å². The maximum atomic E-state index is 11.6. The second-order valence-electron chi connectivity index (χ2n) is 4.65. The molecule has 0 radical (unpaired) electrons. The van der Waals surface area contributed by atoms with E-state index in [-0.39, 0.29) is 0 Å². The summed E-state index contributed by atoms with van der Waals surface area (Å²) in [5, 5.41) is 3.44. The maximum Gasteiger partial charge on any atom is 0.412 e. The summed E-state index contributed by atoms with van der Waals surface area (Å²) in [6.45, 7) is 5.43. The van der Waals surface area contributed by atoms with Gasteiger partial charge in [-0.25, -0.2) is 4.79 Å². The minimum absolute atomic E-state index is 0.503. The predicted octanol–water partition coefficient (Wildman–Crippen LogP) is 3.17. The Morgan fingerprint density at radius 3 is 2.94 bits per heavy atom. The number of nitrogens with one attached hydrogen (secondary N) is 1. The number of hydrogen-bond acceptors (Lipinski definition) is 4. The van der Waals surface area contributed by atoms with Gasteiger partial charge >= 0.3 is 6.09 Å². The van der Waals surface area contributed by atoms with Crippen LogP contribution in [0.15, 0.2) is 29.1 Å². The molecular formula is C12H14N2O3. The Kier molecular flexibility index (Phi) is 2.75. The third kappa shape index (κ3) is 2.75. The standard InChI is InChI=1S/C12H14N2O3/c1-12(2,3)17-11(15)14-9-7-16-10-6-13-5-4-8(9)10/h4-7H,1-3H3,(H,14,15). The number of amides is 1. The molecule has 1 amide bonds. The Morgan fingerprint density at radius 2 is 2.24 bits per heavy atom. The van der Waals surface area contributed by atoms with E-state index in [1.165, 1.54) is 6.26 Å². The monoisotopic (exact) mass is 234 g/mol. The number of nitrogens with zero attached hydrogens (tertiary/aromatic N) is 1. The molecule has 0 spiro atoms. The summed E-state index contributed by atoms with van der Waals surface area (Å²) < 4.78 is 10.4. The fraction of sp³-hybridized carbons (Fsp3) is 0.333. The number of furan rings is 1. The van der Waals surface area contributed by atoms with E-state index < -0.39 is 11.7 Å². The second kappa shape index (κ2) is 4.08. The van der Waals surface area contributed by atoms with E-state index in [4.69, 9.17) is 9.15 Å². The van der Waals surface area contributed by atoms with Gasteiger partial charge in [-0.2, -0.15) is 0 Å². The summed E-state index contributed by atoms with van der Waals surface area (Å²) >= 11 is 0. The molecule has 0 saturated heterocycles. The highest BCUT2D eigenvalue weighted by atomic mass is 16.6. The third-order valence-corrected chi connectivity index (χ3v) is 2.01. The molecule has 0 atom stereocenters. The van der Waals surface area contributed by atoms with Gasteiger partial charge in [0.1, 0.15) is 11.9 Å². The summed E-state index contributed by atoms with van der Waals surface area (Å²) in [7, 11) is 0. The van der Waals surface area contributed by atoms with Crippen molar-refractivity contribution in [3.05, 3.63) is 24.7 Å². The molecule has 0 unspecified atom stereocenters. The van der Waals surface area contributed by atoms with Crippen LogP contribution in [0.3, 0.4) is 0 Å². The molecule has 90 valence electrons. The average Bonchev–Trinajstić information content (AvgIpc) is 2.59. The molecular weight excluding hydrogens is 220 g/mol. The summed E-state index contributed by atoms with van der Waals surface area (Å²) in [4.78, 5) is 15.5. The lowest BCUT2D eigenvalue weighted by atomic mass is 10.2. The topological polar surface area (TPSA) is 64.4 Å². The highest BCUT2D eigenvalue weighted by molar-refractivity contribution is 5.97. The maximum absolute atomic E-state index is 11.6. The lowest BCUT2D eigenvalue weighted by molar-refractivity contribution is 0.0636. The van der Waals surface area contributed by atoms with Gasteiger partial charge in [0.2, 0.25) is 0 Å². The van der Waals surface area contributed by atoms with E-state index in [0.717, 1.165) is 5.39 Å². The van der Waals surface area contributed by atoms with Crippen LogP contribution in [0.25, 0.3) is 11.0 Å². The van der Waals surface area contributed by atoms with Gasteiger partial charge in [-0.05, 0) is 26.8 Å². The average molecular weight is 234 g/mol. The van der Waals surface area contributed by atoms with Gasteiger partial charge in [0.25, 0.3) is 0 Å². The number of rotatable bonds is 1. The smallest absolute Gasteiger partial charge is 0.412 e. The van der Waals surface area contributed by atoms with Crippen LogP contribution < -0.4 is 5.32 Å². The summed E-state index contributed by atoms with van der Waals surface area (Å²) in [5.41, 5.74) is 0.681. The van der Waals surface area contributed by atoms with Gasteiger partial charge in [-0.15, -0.1) is 0 Å². The molecule has 0 aliphatic rings. The molecule has 1 N–H and O–H groups in total. The third-order valence-electron chi connectivity index (χ3n) is 2.01. The van der Waals surface area contributed by atoms with E-state index in [9.17, 15) is 4.79 Å². The first-order valence-electron chi connectivity index (χ1n) is 5.27. The van der Waals surface area contributed by atoms with Gasteiger partial charge in [-0.3, -0.25) is 10.3 Å². The van der Waals surface area contributed by atoms with Crippen molar-refractivity contribution in [1.82, 2.24) is 4.98 Å². The fourth-order valence-corrected chi connectivity index (χ4v) is 1.39. The van der Waals surface area contributed by atoms with E-state index in [1.54, 1.807) is 18.5 Å². The van der Waals surface area contributed by atoms with E-state index in [0.29, 0.717) is 11.3 Å². The lowest BCUT2D eigenvalue weighted by Gasteiger charge is -2.19. The van der Waals surface area contributed by atoms with Crippen LogP contribution in [0.4, 0.5) is 10.5 Å². The van der Waals surface area contributed by atoms with Gasteiger partial charge in [0, 0.05) is 11.6 Å². The summed E-state index contributed by atoms with van der Waals surface area (Å²) in [6.07, 6.45) is 4.20. The quantitative estimate of drug-likeness (QED) is 0.823. The Bertz CT molecular complexity index is 540. The minimum atomic E-state index is -0.523. The molecule has 0 bridgehead atoms. The van der Waals surface area contributed by atoms with Crippen LogP contribution in [0.5, 0.6) is 0 Å². The second-order valence-corrected chi connectivity index (χ2v) is 4.65. The van der Waals surface area contributed by atoms with Crippen molar-refractivity contribution in [3.63, 3.8) is 0 Å². The number of carbonyl (C=O) groups excluding carboxylic acids is 1. The molecule has 0 saturated carbocycles. The Labute approximate surface area is 98.8 Å². The van der Waals surface area contributed by atoms with Crippen LogP contribution in [0.2, 0.25) is 0 Å². The molecule has 5 heteroatoms. The fourth-order valence-electron chi connectivity index (χ4n) is 1.39. The number of carbonyl (C=O) groups is 1. The van der Waals surface area contributed by atoms with Crippen molar-refractivity contribution in [2.45, 2.75) is 26.4 Å². The van der Waals surface area contributed by atoms with Crippen molar-refractivity contribution >= 4 is 22.7 Å². The summed E-state index contributed by atoms with van der Waals surface area (Å²) in [5.74, 6) is 0. The molecule has 2 aromatic rings. The van der Waals surface area contributed by atoms with Crippen LogP contribution in [-0.4, -0.2) is 16.7 Å². The number of fused-ring (bicyclic) bond motifs is 1. The van der Waals surface area contributed by atoms with E-state index >= 15 is 0 Å². The number of hydrogen-bond donors (Lipinski definition) is 1. The zero-order chi connectivity index (χ0) is 12.5. The molecule has 2 aromatic heterocycles. The number of aromatic nitrogens is 1. The van der Waals surface area contributed by atoms with Gasteiger partial charge in [0.15, 0.2) is 5.58 Å². The molecule has 0 fully saturated rings. The Hall–Kier alpha value is -2.04. The van der Waals surface area contributed by atoms with Gasteiger partial charge < -0.3 is 9.15 Å². The molecule has 0 aromatic carbocycles. The molecule has 0 aliphatic heterocycles. The molecule has 2 rings (SSSR count). The number of ether oxygens (including phenoxy) is 1. The predicted molar refractivity (Wildman–Crippen MR) is 63.9 cm³/mol. The largest absolute Gasteiger partial charge is 0.460 e. The van der Waals surface area contributed by atoms with Crippen LogP contribution in [-0.2, 0) is 4.74 Å². The van der Waals surface area contributed by atoms with Crippen molar-refractivity contribution in [3.8, 4) is 0 Å². The van der Waals surface area contributed by atoms with Crippen molar-refractivity contribution in [2.75, 3.05) is 5.32 Å². The first-order chi connectivity index (χ1) is 7.96. The highest BCUT2D eigenvalue weighted by Gasteiger charge is 2.17. The molecule has 0 aliphatic carbocycles. The van der Waals surface area contributed by atoms with Crippen molar-refractivity contribution in [1.29, 1.82) is 0 Å². The minimum Gasteiger partial charge on any atom is -0.460 e. The number of pyridine rings is 1. The molecule has 2 heterocycles. The number of anilines is 1. The molecule has 17 heavy (non-hydrogen) atoms. The Balaban J connectivity index is 2.16. The molecule has 5 nitrogen and oxygen atoms in total. The first-order valence-corrected chi connectivity index (χ1v) is 5.27. The highest BCUT2D eigenvalue weighted by Crippen LogP contribution is 2.24. The van der Waals surface area contributed by atoms with Gasteiger partial charge in [0.05, 0.1) is 11.9 Å². The zero-order valence-corrected chi connectivity index (χ0v) is 9.98. The van der Waals surface area contributed by atoms with Crippen LogP contribution in [0, 0.1) is 0 Å². The van der Waals surface area contributed by atoms with E-state index in [1.807, 2.05) is 20.8 Å². The van der Waals surface area contributed by atoms with Crippen molar-refractivity contribution < 1.29 is 13.9 Å². The van der Waals surface area contributed by atoms with Gasteiger partial charge in [-0.1, -0.05) is 0 Å². The SMILES string of the molecule is CC(C)(C)OC(=O)Nc1coc2cnccc12. The van der Waals surface area contributed by atoms with Crippen LogP contribution >= 0.6 is 0 Å².